The number of rotatable bonds is 3. The van der Waals surface area contributed by atoms with Gasteiger partial charge < -0.3 is 20.6 Å². The average Bonchev–Trinajstić information content (AvgIpc) is 3.13. The number of likely N-dealkylation sites (N-methyl/N-ethyl adjacent to an activating group) is 1. The van der Waals surface area contributed by atoms with E-state index in [9.17, 15) is 5.11 Å². The lowest BCUT2D eigenvalue weighted by atomic mass is 10.1. The van der Waals surface area contributed by atoms with Crippen LogP contribution in [0, 0.1) is 6.92 Å². The van der Waals surface area contributed by atoms with Gasteiger partial charge in [0, 0.05) is 25.8 Å². The topological polar surface area (TPSA) is 86.2 Å². The molecule has 7 nitrogen and oxygen atoms in total. The monoisotopic (exact) mass is 328 g/mol. The number of β-amino-alcohol motifs (C(OH)–C–C–N with tert-alkyl or cyclic N) is 1. The molecule has 0 amide bonds. The molecule has 2 aromatic heterocycles. The van der Waals surface area contributed by atoms with Crippen LogP contribution in [0.4, 0.5) is 11.8 Å². The van der Waals surface area contributed by atoms with E-state index in [1.165, 1.54) is 16.8 Å². The molecule has 2 aromatic rings. The molecular formula is C17H24N6O. The molecule has 1 aliphatic carbocycles. The van der Waals surface area contributed by atoms with Crippen LogP contribution in [0.5, 0.6) is 0 Å². The Kier molecular flexibility index (Phi) is 3.77. The van der Waals surface area contributed by atoms with Crippen molar-refractivity contribution in [3.63, 3.8) is 0 Å². The Labute approximate surface area is 141 Å². The summed E-state index contributed by atoms with van der Waals surface area (Å²) >= 11 is 0. The molecule has 3 N–H and O–H groups in total. The number of hydrogen-bond acceptors (Lipinski definition) is 7. The molecule has 4 rings (SSSR count). The summed E-state index contributed by atoms with van der Waals surface area (Å²) in [5, 5.41) is 17.6. The fourth-order valence-corrected chi connectivity index (χ4v) is 3.94. The summed E-state index contributed by atoms with van der Waals surface area (Å²) in [5.74, 6) is 1.32. The summed E-state index contributed by atoms with van der Waals surface area (Å²) in [5.41, 5.74) is 4.50. The van der Waals surface area contributed by atoms with Crippen LogP contribution >= 0.6 is 0 Å². The number of fused-ring (bicyclic) bond motifs is 2. The first-order chi connectivity index (χ1) is 11.6. The molecule has 2 atom stereocenters. The van der Waals surface area contributed by atoms with Gasteiger partial charge >= 0.3 is 0 Å². The number of pyridine rings is 1. The molecule has 0 aromatic carbocycles. The van der Waals surface area contributed by atoms with Crippen LogP contribution < -0.4 is 10.6 Å². The van der Waals surface area contributed by atoms with Crippen molar-refractivity contribution in [2.45, 2.75) is 38.3 Å². The van der Waals surface area contributed by atoms with Gasteiger partial charge in [-0.25, -0.2) is 4.98 Å². The highest BCUT2D eigenvalue weighted by molar-refractivity contribution is 5.91. The fraction of sp³-hybridized carbons (Fsp3) is 0.588. The summed E-state index contributed by atoms with van der Waals surface area (Å²) in [7, 11) is 3.87. The summed E-state index contributed by atoms with van der Waals surface area (Å²) in [6, 6.07) is -0.0623. The Morgan fingerprint density at radius 2 is 2.00 bits per heavy atom. The second-order valence-electron chi connectivity index (χ2n) is 6.90. The van der Waals surface area contributed by atoms with Crippen LogP contribution in [0.15, 0.2) is 0 Å². The Bertz CT molecular complexity index is 792. The maximum Gasteiger partial charge on any atom is 0.227 e. The molecule has 0 spiro atoms. The van der Waals surface area contributed by atoms with Gasteiger partial charge in [0.2, 0.25) is 5.95 Å². The van der Waals surface area contributed by atoms with Crippen LogP contribution in [-0.2, 0) is 12.8 Å². The first-order valence-corrected chi connectivity index (χ1v) is 8.58. The van der Waals surface area contributed by atoms with Crippen LogP contribution in [0.2, 0.25) is 0 Å². The van der Waals surface area contributed by atoms with Crippen LogP contribution in [0.25, 0.3) is 11.0 Å². The lowest BCUT2D eigenvalue weighted by Gasteiger charge is -2.18. The van der Waals surface area contributed by atoms with E-state index in [0.29, 0.717) is 12.5 Å². The van der Waals surface area contributed by atoms with Gasteiger partial charge in [-0.05, 0) is 44.4 Å². The maximum atomic E-state index is 10.1. The minimum Gasteiger partial charge on any atom is -0.390 e. The summed E-state index contributed by atoms with van der Waals surface area (Å²) < 4.78 is 0. The minimum absolute atomic E-state index is 0.0623. The van der Waals surface area contributed by atoms with Gasteiger partial charge in [0.15, 0.2) is 5.65 Å². The van der Waals surface area contributed by atoms with Gasteiger partial charge in [-0.3, -0.25) is 0 Å². The van der Waals surface area contributed by atoms with Gasteiger partial charge in [0.05, 0.1) is 17.5 Å². The highest BCUT2D eigenvalue weighted by Crippen LogP contribution is 2.32. The number of nitrogens with one attached hydrogen (secondary N) is 2. The van der Waals surface area contributed by atoms with Gasteiger partial charge in [0.25, 0.3) is 0 Å². The predicted molar refractivity (Wildman–Crippen MR) is 94.6 cm³/mol. The van der Waals surface area contributed by atoms with Crippen LogP contribution in [-0.4, -0.2) is 64.3 Å². The molecule has 0 radical (unpaired) electrons. The van der Waals surface area contributed by atoms with Crippen LogP contribution in [0.3, 0.4) is 0 Å². The standard InChI is InChI=1S/C17H24N6O/c1-9-10-5-4-6-11(10)19-16-14(9)15(18-2)21-17(22-16)20-12-7-23(3)8-13(12)24/h12-13,24H,4-8H2,1-3H3,(H2,18,19,20,21,22)/t12-,13-/m0/s1. The third-order valence-electron chi connectivity index (χ3n) is 5.17. The van der Waals surface area contributed by atoms with Gasteiger partial charge in [-0.15, -0.1) is 0 Å². The molecule has 2 aliphatic rings. The Hall–Kier alpha value is -1.99. The van der Waals surface area contributed by atoms with Crippen molar-refractivity contribution in [3.05, 3.63) is 16.8 Å². The van der Waals surface area contributed by atoms with Gasteiger partial charge in [-0.2, -0.15) is 9.97 Å². The molecule has 7 heteroatoms. The zero-order chi connectivity index (χ0) is 16.8. The SMILES string of the molecule is CNc1nc(N[C@H]2CN(C)C[C@@H]2O)nc2nc3c(c(C)c12)CCC3. The maximum absolute atomic E-state index is 10.1. The molecule has 1 fully saturated rings. The number of hydrogen-bond donors (Lipinski definition) is 3. The molecule has 0 unspecified atom stereocenters. The predicted octanol–water partition coefficient (Wildman–Crippen LogP) is 0.950. The highest BCUT2D eigenvalue weighted by atomic mass is 16.3. The molecule has 0 bridgehead atoms. The number of nitrogens with zero attached hydrogens (tertiary/aromatic N) is 4. The van der Waals surface area contributed by atoms with Crippen molar-refractivity contribution in [2.24, 2.45) is 0 Å². The van der Waals surface area contributed by atoms with E-state index in [1.807, 2.05) is 14.1 Å². The van der Waals surface area contributed by atoms with Crippen molar-refractivity contribution < 1.29 is 5.11 Å². The summed E-state index contributed by atoms with van der Waals surface area (Å²) in [6.45, 7) is 3.57. The number of aliphatic hydroxyl groups excluding tert-OH is 1. The van der Waals surface area contributed by atoms with E-state index in [4.69, 9.17) is 4.98 Å². The second-order valence-corrected chi connectivity index (χ2v) is 6.90. The Morgan fingerprint density at radius 1 is 1.17 bits per heavy atom. The lowest BCUT2D eigenvalue weighted by Crippen LogP contribution is -2.32. The van der Waals surface area contributed by atoms with Gasteiger partial charge in [0.1, 0.15) is 5.82 Å². The first kappa shape index (κ1) is 15.5. The smallest absolute Gasteiger partial charge is 0.227 e. The van der Waals surface area contributed by atoms with Crippen molar-refractivity contribution >= 4 is 22.8 Å². The molecule has 3 heterocycles. The van der Waals surface area contributed by atoms with E-state index in [1.54, 1.807) is 0 Å². The Balaban J connectivity index is 1.77. The normalized spacial score (nSPS) is 23.7. The molecule has 0 saturated carbocycles. The third-order valence-corrected chi connectivity index (χ3v) is 5.17. The number of likely N-dealkylation sites (tertiary alicyclic amines) is 1. The lowest BCUT2D eigenvalue weighted by molar-refractivity contribution is 0.174. The van der Waals surface area contributed by atoms with E-state index >= 15 is 0 Å². The third kappa shape index (κ3) is 2.48. The highest BCUT2D eigenvalue weighted by Gasteiger charge is 2.30. The molecule has 1 saturated heterocycles. The minimum atomic E-state index is -0.415. The summed E-state index contributed by atoms with van der Waals surface area (Å²) in [4.78, 5) is 16.2. The number of aromatic nitrogens is 3. The fourth-order valence-electron chi connectivity index (χ4n) is 3.94. The van der Waals surface area contributed by atoms with Crippen molar-refractivity contribution in [1.29, 1.82) is 0 Å². The summed E-state index contributed by atoms with van der Waals surface area (Å²) in [6.07, 6.45) is 2.86. The average molecular weight is 328 g/mol. The van der Waals surface area contributed by atoms with Crippen molar-refractivity contribution in [1.82, 2.24) is 19.9 Å². The number of aliphatic hydroxyl groups is 1. The van der Waals surface area contributed by atoms with Gasteiger partial charge in [-0.1, -0.05) is 0 Å². The van der Waals surface area contributed by atoms with E-state index in [2.05, 4.69) is 32.4 Å². The van der Waals surface area contributed by atoms with Crippen LogP contribution in [0.1, 0.15) is 23.2 Å². The molecule has 24 heavy (non-hydrogen) atoms. The second kappa shape index (κ2) is 5.82. The van der Waals surface area contributed by atoms with E-state index < -0.39 is 6.10 Å². The molecule has 1 aliphatic heterocycles. The quantitative estimate of drug-likeness (QED) is 0.773. The largest absolute Gasteiger partial charge is 0.390 e. The first-order valence-electron chi connectivity index (χ1n) is 8.58. The number of anilines is 2. The van der Waals surface area contributed by atoms with E-state index in [0.717, 1.165) is 42.7 Å². The van der Waals surface area contributed by atoms with Crippen molar-refractivity contribution in [3.8, 4) is 0 Å². The number of aryl methyl sites for hydroxylation is 2. The zero-order valence-electron chi connectivity index (χ0n) is 14.4. The molecule has 128 valence electrons. The van der Waals surface area contributed by atoms with Crippen molar-refractivity contribution in [2.75, 3.05) is 37.8 Å². The molecular weight excluding hydrogens is 304 g/mol. The Morgan fingerprint density at radius 3 is 2.71 bits per heavy atom. The zero-order valence-corrected chi connectivity index (χ0v) is 14.4. The van der Waals surface area contributed by atoms with E-state index in [-0.39, 0.29) is 6.04 Å².